The molecule has 1 aliphatic rings. The van der Waals surface area contributed by atoms with Gasteiger partial charge in [0.25, 0.3) is 0 Å². The highest BCUT2D eigenvalue weighted by Gasteiger charge is 2.35. The molecule has 1 fully saturated rings. The van der Waals surface area contributed by atoms with Crippen molar-refractivity contribution in [1.82, 2.24) is 0 Å². The van der Waals surface area contributed by atoms with Crippen molar-refractivity contribution in [3.63, 3.8) is 0 Å². The third-order valence-electron chi connectivity index (χ3n) is 2.71. The molecule has 1 aliphatic carbocycles. The Morgan fingerprint density at radius 1 is 1.00 bits per heavy atom. The summed E-state index contributed by atoms with van der Waals surface area (Å²) in [5.41, 5.74) is 3.29. The van der Waals surface area contributed by atoms with Crippen molar-refractivity contribution in [3.05, 3.63) is 0 Å². The van der Waals surface area contributed by atoms with Gasteiger partial charge in [0.15, 0.2) is 0 Å². The standard InChI is InChI=1S/C9H20Si/c1-7(2)10(8(3)4)9-5-6-9/h7-10H,5-6H2,1-4H3. The monoisotopic (exact) mass is 156 g/mol. The number of hydrogen-bond acceptors (Lipinski definition) is 0. The molecule has 60 valence electrons. The van der Waals surface area contributed by atoms with Gasteiger partial charge in [0.2, 0.25) is 0 Å². The van der Waals surface area contributed by atoms with Gasteiger partial charge in [-0.1, -0.05) is 51.6 Å². The molecule has 0 saturated heterocycles. The van der Waals surface area contributed by atoms with E-state index in [0.29, 0.717) is 0 Å². The summed E-state index contributed by atoms with van der Waals surface area (Å²) in [6.45, 7) is 9.70. The van der Waals surface area contributed by atoms with Crippen molar-refractivity contribution in [2.75, 3.05) is 0 Å². The topological polar surface area (TPSA) is 0 Å². The molecule has 1 rings (SSSR count). The molecule has 0 radical (unpaired) electrons. The van der Waals surface area contributed by atoms with Crippen LogP contribution in [0.4, 0.5) is 0 Å². The van der Waals surface area contributed by atoms with Crippen LogP contribution in [-0.2, 0) is 0 Å². The van der Waals surface area contributed by atoms with Gasteiger partial charge in [-0.2, -0.15) is 0 Å². The Morgan fingerprint density at radius 2 is 1.40 bits per heavy atom. The molecule has 0 aromatic heterocycles. The molecular formula is C9H20Si. The maximum Gasteiger partial charge on any atom is 0.0450 e. The van der Waals surface area contributed by atoms with E-state index in [1.807, 2.05) is 0 Å². The number of hydrogen-bond donors (Lipinski definition) is 0. The fraction of sp³-hybridized carbons (Fsp3) is 1.00. The summed E-state index contributed by atoms with van der Waals surface area (Å²) in [5.74, 6) is 0. The first-order valence-electron chi connectivity index (χ1n) is 4.63. The Bertz CT molecular complexity index is 92.5. The van der Waals surface area contributed by atoms with E-state index in [0.717, 1.165) is 11.1 Å². The Hall–Kier alpha value is 0.217. The van der Waals surface area contributed by atoms with Crippen molar-refractivity contribution < 1.29 is 0 Å². The molecule has 0 nitrogen and oxygen atoms in total. The van der Waals surface area contributed by atoms with Crippen LogP contribution in [-0.4, -0.2) is 8.80 Å². The first-order chi connectivity index (χ1) is 4.63. The highest BCUT2D eigenvalue weighted by atomic mass is 28.3. The van der Waals surface area contributed by atoms with E-state index in [2.05, 4.69) is 27.7 Å². The lowest BCUT2D eigenvalue weighted by Crippen LogP contribution is -2.20. The molecule has 1 saturated carbocycles. The van der Waals surface area contributed by atoms with Gasteiger partial charge in [0.1, 0.15) is 0 Å². The third-order valence-corrected chi connectivity index (χ3v) is 7.54. The molecule has 0 aromatic carbocycles. The highest BCUT2D eigenvalue weighted by Crippen LogP contribution is 2.46. The van der Waals surface area contributed by atoms with E-state index in [-0.39, 0.29) is 8.80 Å². The zero-order valence-electron chi connectivity index (χ0n) is 7.72. The molecule has 1 heteroatoms. The van der Waals surface area contributed by atoms with Gasteiger partial charge in [-0.3, -0.25) is 0 Å². The maximum atomic E-state index is 2.43. The zero-order valence-corrected chi connectivity index (χ0v) is 8.88. The Labute approximate surface area is 66.6 Å². The second-order valence-electron chi connectivity index (χ2n) is 4.40. The van der Waals surface area contributed by atoms with Gasteiger partial charge < -0.3 is 0 Å². The van der Waals surface area contributed by atoms with Gasteiger partial charge in [-0.15, -0.1) is 0 Å². The molecule has 10 heavy (non-hydrogen) atoms. The molecule has 0 N–H and O–H groups in total. The van der Waals surface area contributed by atoms with Gasteiger partial charge in [0.05, 0.1) is 0 Å². The lowest BCUT2D eigenvalue weighted by atomic mass is 10.5. The minimum absolute atomic E-state index is 0.343. The van der Waals surface area contributed by atoms with Crippen molar-refractivity contribution >= 4 is 8.80 Å². The van der Waals surface area contributed by atoms with Crippen LogP contribution in [0.3, 0.4) is 0 Å². The summed E-state index contributed by atoms with van der Waals surface area (Å²) < 4.78 is 0. The predicted octanol–water partition coefficient (Wildman–Crippen LogP) is 3.20. The van der Waals surface area contributed by atoms with Crippen LogP contribution in [0.2, 0.25) is 16.6 Å². The van der Waals surface area contributed by atoms with Crippen molar-refractivity contribution in [2.45, 2.75) is 57.2 Å². The minimum atomic E-state index is -0.343. The average molecular weight is 156 g/mol. The van der Waals surface area contributed by atoms with E-state index < -0.39 is 0 Å². The van der Waals surface area contributed by atoms with Crippen LogP contribution >= 0.6 is 0 Å². The van der Waals surface area contributed by atoms with Crippen LogP contribution in [0.15, 0.2) is 0 Å². The van der Waals surface area contributed by atoms with Gasteiger partial charge in [-0.05, 0) is 5.54 Å². The molecular weight excluding hydrogens is 136 g/mol. The summed E-state index contributed by atoms with van der Waals surface area (Å²) in [7, 11) is -0.343. The van der Waals surface area contributed by atoms with E-state index in [4.69, 9.17) is 0 Å². The van der Waals surface area contributed by atoms with Crippen LogP contribution in [0.25, 0.3) is 0 Å². The van der Waals surface area contributed by atoms with E-state index >= 15 is 0 Å². The summed E-state index contributed by atoms with van der Waals surface area (Å²) in [6, 6.07) is 0. The van der Waals surface area contributed by atoms with Gasteiger partial charge >= 0.3 is 0 Å². The smallest absolute Gasteiger partial charge is 0.0450 e. The largest absolute Gasteiger partial charge is 0.0654 e. The summed E-state index contributed by atoms with van der Waals surface area (Å²) >= 11 is 0. The molecule has 0 bridgehead atoms. The Kier molecular flexibility index (Phi) is 2.56. The molecule has 0 unspecified atom stereocenters. The summed E-state index contributed by atoms with van der Waals surface area (Å²) in [5, 5.41) is 0. The van der Waals surface area contributed by atoms with Crippen molar-refractivity contribution in [2.24, 2.45) is 0 Å². The van der Waals surface area contributed by atoms with Gasteiger partial charge in [-0.25, -0.2) is 0 Å². The summed E-state index contributed by atoms with van der Waals surface area (Å²) in [4.78, 5) is 0. The first-order valence-corrected chi connectivity index (χ1v) is 6.63. The highest BCUT2D eigenvalue weighted by molar-refractivity contribution is 6.64. The van der Waals surface area contributed by atoms with Gasteiger partial charge in [0, 0.05) is 8.80 Å². The van der Waals surface area contributed by atoms with E-state index in [1.165, 1.54) is 5.54 Å². The van der Waals surface area contributed by atoms with Crippen LogP contribution in [0, 0.1) is 0 Å². The van der Waals surface area contributed by atoms with Crippen molar-refractivity contribution in [1.29, 1.82) is 0 Å². The first kappa shape index (κ1) is 8.31. The zero-order chi connectivity index (χ0) is 7.72. The lowest BCUT2D eigenvalue weighted by Gasteiger charge is -2.22. The molecule has 0 aliphatic heterocycles. The normalized spacial score (nSPS) is 19.5. The van der Waals surface area contributed by atoms with Crippen molar-refractivity contribution in [3.8, 4) is 0 Å². The summed E-state index contributed by atoms with van der Waals surface area (Å²) in [6.07, 6.45) is 3.13. The van der Waals surface area contributed by atoms with Crippen LogP contribution in [0.5, 0.6) is 0 Å². The predicted molar refractivity (Wildman–Crippen MR) is 50.3 cm³/mol. The minimum Gasteiger partial charge on any atom is -0.0654 e. The Balaban J connectivity index is 2.41. The van der Waals surface area contributed by atoms with E-state index in [1.54, 1.807) is 12.8 Å². The number of rotatable bonds is 3. The third kappa shape index (κ3) is 1.85. The SMILES string of the molecule is CC(C)[SiH](C(C)C)C1CC1. The second-order valence-corrected chi connectivity index (χ2v) is 9.17. The molecule has 0 amide bonds. The molecule has 0 atom stereocenters. The fourth-order valence-electron chi connectivity index (χ4n) is 2.34. The fourth-order valence-corrected chi connectivity index (χ4v) is 7.02. The quantitative estimate of drug-likeness (QED) is 0.550. The molecule has 0 heterocycles. The van der Waals surface area contributed by atoms with Crippen LogP contribution < -0.4 is 0 Å². The van der Waals surface area contributed by atoms with E-state index in [9.17, 15) is 0 Å². The second kappa shape index (κ2) is 3.08. The molecule has 0 spiro atoms. The average Bonchev–Trinajstić information content (AvgIpc) is 2.46. The molecule has 0 aromatic rings. The maximum absolute atomic E-state index is 2.43. The Morgan fingerprint density at radius 3 is 1.50 bits per heavy atom. The van der Waals surface area contributed by atoms with Crippen LogP contribution in [0.1, 0.15) is 40.5 Å². The lowest BCUT2D eigenvalue weighted by molar-refractivity contribution is 0.915.